The van der Waals surface area contributed by atoms with Crippen LogP contribution in [0.5, 0.6) is 0 Å². The molecule has 56 heavy (non-hydrogen) atoms. The Morgan fingerprint density at radius 2 is 0.839 bits per heavy atom. The van der Waals surface area contributed by atoms with Crippen LogP contribution >= 0.6 is 0 Å². The number of aromatic nitrogens is 8. The molecule has 3 N–H and O–H groups in total. The van der Waals surface area contributed by atoms with Crippen LogP contribution in [-0.2, 0) is 11.3 Å². The molecule has 0 radical (unpaired) electrons. The first-order valence-corrected chi connectivity index (χ1v) is 18.7. The molecule has 9 rings (SSSR count). The first-order valence-electron chi connectivity index (χ1n) is 18.7. The van der Waals surface area contributed by atoms with E-state index in [0.717, 1.165) is 109 Å². The van der Waals surface area contributed by atoms with E-state index in [1.54, 1.807) is 37.2 Å². The summed E-state index contributed by atoms with van der Waals surface area (Å²) in [6.45, 7) is 0.808. The van der Waals surface area contributed by atoms with Crippen LogP contribution in [0, 0.1) is 0 Å². The Labute approximate surface area is 322 Å². The van der Waals surface area contributed by atoms with E-state index < -0.39 is 5.97 Å². The van der Waals surface area contributed by atoms with Gasteiger partial charge in [-0.3, -0.25) is 19.7 Å². The predicted molar refractivity (Wildman–Crippen MR) is 220 cm³/mol. The lowest BCUT2D eigenvalue weighted by atomic mass is 10.0. The third-order valence-electron chi connectivity index (χ3n) is 10.1. The Bertz CT molecular complexity index is 2750. The second kappa shape index (κ2) is 15.2. The number of pyridine rings is 4. The Kier molecular flexibility index (Phi) is 9.34. The lowest BCUT2D eigenvalue weighted by Crippen LogP contribution is -2.32. The molecule has 0 unspecified atom stereocenters. The Morgan fingerprint density at radius 3 is 1.20 bits per heavy atom. The minimum absolute atomic E-state index is 0.203. The van der Waals surface area contributed by atoms with Crippen LogP contribution in [0.15, 0.2) is 122 Å². The SMILES string of the molecule is O=C(O)CCCCC[n+]1ccc(-c2c3nc(c(-c4ccncc4)c4ccc([nH]4)c(-c4ccncc4)c4nc(c(-c5ccncc5)c5ccc2[nH]5)C=C4)C=C3)cc1. The normalized spacial score (nSPS) is 11.9. The summed E-state index contributed by atoms with van der Waals surface area (Å²) in [5.41, 5.74) is 14.8. The molecule has 0 amide bonds. The molecule has 0 spiro atoms. The van der Waals surface area contributed by atoms with E-state index in [2.05, 4.69) is 103 Å². The van der Waals surface area contributed by atoms with E-state index in [9.17, 15) is 4.79 Å². The summed E-state index contributed by atoms with van der Waals surface area (Å²) in [6.07, 6.45) is 26.0. The van der Waals surface area contributed by atoms with Crippen LogP contribution in [0.3, 0.4) is 0 Å². The molecule has 0 saturated heterocycles. The van der Waals surface area contributed by atoms with Crippen LogP contribution in [-0.4, -0.2) is 46.0 Å². The van der Waals surface area contributed by atoms with Gasteiger partial charge in [0.15, 0.2) is 12.4 Å². The first-order chi connectivity index (χ1) is 27.6. The van der Waals surface area contributed by atoms with E-state index >= 15 is 0 Å². The highest BCUT2D eigenvalue weighted by Crippen LogP contribution is 2.38. The zero-order valence-corrected chi connectivity index (χ0v) is 30.4. The number of carboxylic acid groups (broad SMARTS) is 1. The number of carbonyl (C=O) groups is 1. The summed E-state index contributed by atoms with van der Waals surface area (Å²) >= 11 is 0. The Morgan fingerprint density at radius 1 is 0.482 bits per heavy atom. The number of unbranched alkanes of at least 4 members (excludes halogenated alkanes) is 2. The topological polar surface area (TPSA) is 137 Å². The third kappa shape index (κ3) is 6.91. The van der Waals surface area contributed by atoms with Gasteiger partial charge in [-0.15, -0.1) is 0 Å². The van der Waals surface area contributed by atoms with Crippen LogP contribution in [0.25, 0.3) is 90.9 Å². The molecule has 0 aliphatic carbocycles. The van der Waals surface area contributed by atoms with Crippen molar-refractivity contribution < 1.29 is 14.5 Å². The van der Waals surface area contributed by atoms with Crippen molar-refractivity contribution in [2.24, 2.45) is 0 Å². The van der Waals surface area contributed by atoms with Gasteiger partial charge in [0.05, 0.1) is 22.8 Å². The number of aromatic amines is 2. The highest BCUT2D eigenvalue weighted by atomic mass is 16.4. The maximum atomic E-state index is 11.0. The fraction of sp³-hybridized carbons (Fsp3) is 0.109. The number of H-pyrrole nitrogens is 2. The highest BCUT2D eigenvalue weighted by molar-refractivity contribution is 5.99. The fourth-order valence-corrected chi connectivity index (χ4v) is 7.50. The number of nitrogens with one attached hydrogen (secondary N) is 2. The van der Waals surface area contributed by atoms with Gasteiger partial charge in [-0.25, -0.2) is 14.5 Å². The molecule has 7 aromatic rings. The van der Waals surface area contributed by atoms with Gasteiger partial charge in [-0.05, 0) is 120 Å². The number of aliphatic carboxylic acids is 1. The van der Waals surface area contributed by atoms with Crippen molar-refractivity contribution in [1.82, 2.24) is 34.9 Å². The number of nitrogens with zero attached hydrogens (tertiary/aromatic N) is 6. The smallest absolute Gasteiger partial charge is 0.303 e. The minimum atomic E-state index is -0.747. The number of rotatable bonds is 10. The summed E-state index contributed by atoms with van der Waals surface area (Å²) in [5, 5.41) is 9.01. The number of carboxylic acids is 1. The molecule has 0 fully saturated rings. The van der Waals surface area contributed by atoms with Gasteiger partial charge in [0, 0.05) is 106 Å². The van der Waals surface area contributed by atoms with Crippen LogP contribution < -0.4 is 4.57 Å². The molecular formula is C46H37N8O2+. The molecule has 2 aliphatic heterocycles. The summed E-state index contributed by atoms with van der Waals surface area (Å²) < 4.78 is 2.15. The van der Waals surface area contributed by atoms with Gasteiger partial charge in [0.25, 0.3) is 0 Å². The van der Waals surface area contributed by atoms with Crippen LogP contribution in [0.1, 0.15) is 48.5 Å². The molecule has 9 heterocycles. The molecule has 0 aromatic carbocycles. The van der Waals surface area contributed by atoms with E-state index in [1.807, 2.05) is 36.4 Å². The molecule has 8 bridgehead atoms. The molecule has 7 aromatic heterocycles. The second-order valence-corrected chi connectivity index (χ2v) is 13.7. The molecule has 0 saturated carbocycles. The standard InChI is InChI=1S/C46H36N8O2/c55-42(56)4-2-1-3-27-54-28-19-33(20-29-54)46-40-11-9-38(52-40)44(31-15-23-48-24-16-31)36-7-5-34(50-36)43(30-13-21-47-22-14-30)35-6-8-37(51-35)45(32-17-25-49-26-18-32)39-10-12-41(46)53-39/h5-26,28-29H,1-4,27H2,(H2,50,51,52,53,55,56)/p+1. The molecule has 10 nitrogen and oxygen atoms in total. The van der Waals surface area contributed by atoms with Crippen molar-refractivity contribution in [3.63, 3.8) is 0 Å². The van der Waals surface area contributed by atoms with E-state index in [4.69, 9.17) is 15.1 Å². The zero-order valence-electron chi connectivity index (χ0n) is 30.4. The van der Waals surface area contributed by atoms with E-state index in [1.165, 1.54) is 0 Å². The van der Waals surface area contributed by atoms with E-state index in [-0.39, 0.29) is 6.42 Å². The number of aryl methyl sites for hydroxylation is 1. The van der Waals surface area contributed by atoms with Crippen molar-refractivity contribution in [1.29, 1.82) is 0 Å². The Balaban J connectivity index is 1.32. The lowest BCUT2D eigenvalue weighted by Gasteiger charge is -2.06. The minimum Gasteiger partial charge on any atom is -0.481 e. The average molecular weight is 734 g/mol. The molecular weight excluding hydrogens is 697 g/mol. The van der Waals surface area contributed by atoms with Gasteiger partial charge in [0.2, 0.25) is 0 Å². The second-order valence-electron chi connectivity index (χ2n) is 13.7. The Hall–Kier alpha value is -7.33. The van der Waals surface area contributed by atoms with Crippen molar-refractivity contribution in [2.45, 2.75) is 32.2 Å². The number of hydrogen-bond donors (Lipinski definition) is 3. The van der Waals surface area contributed by atoms with Crippen molar-refractivity contribution in [3.05, 3.63) is 145 Å². The number of hydrogen-bond acceptors (Lipinski definition) is 6. The third-order valence-corrected chi connectivity index (χ3v) is 10.1. The number of fused-ring (bicyclic) bond motifs is 8. The largest absolute Gasteiger partial charge is 0.481 e. The molecule has 0 atom stereocenters. The van der Waals surface area contributed by atoms with Crippen molar-refractivity contribution >= 4 is 52.3 Å². The summed E-state index contributed by atoms with van der Waals surface area (Å²) in [5.74, 6) is -0.747. The van der Waals surface area contributed by atoms with Gasteiger partial charge in [0.1, 0.15) is 6.54 Å². The lowest BCUT2D eigenvalue weighted by molar-refractivity contribution is -0.697. The van der Waals surface area contributed by atoms with Crippen LogP contribution in [0.4, 0.5) is 0 Å². The maximum absolute atomic E-state index is 11.0. The van der Waals surface area contributed by atoms with Crippen molar-refractivity contribution in [3.8, 4) is 44.5 Å². The summed E-state index contributed by atoms with van der Waals surface area (Å²) in [6, 6.07) is 24.8. The zero-order chi connectivity index (χ0) is 37.8. The predicted octanol–water partition coefficient (Wildman–Crippen LogP) is 9.44. The van der Waals surface area contributed by atoms with E-state index in [0.29, 0.717) is 6.42 Å². The summed E-state index contributed by atoms with van der Waals surface area (Å²) in [4.78, 5) is 42.1. The fourth-order valence-electron chi connectivity index (χ4n) is 7.50. The molecule has 10 heteroatoms. The van der Waals surface area contributed by atoms with Crippen LogP contribution in [0.2, 0.25) is 0 Å². The summed E-state index contributed by atoms with van der Waals surface area (Å²) in [7, 11) is 0. The van der Waals surface area contributed by atoms with Gasteiger partial charge >= 0.3 is 5.97 Å². The molecule has 272 valence electrons. The highest BCUT2D eigenvalue weighted by Gasteiger charge is 2.19. The first kappa shape index (κ1) is 34.4. The van der Waals surface area contributed by atoms with Gasteiger partial charge < -0.3 is 15.1 Å². The van der Waals surface area contributed by atoms with Crippen molar-refractivity contribution in [2.75, 3.05) is 0 Å². The van der Waals surface area contributed by atoms with Gasteiger partial charge in [-0.1, -0.05) is 0 Å². The monoisotopic (exact) mass is 733 g/mol. The molecule has 2 aliphatic rings. The van der Waals surface area contributed by atoms with Gasteiger partial charge in [-0.2, -0.15) is 0 Å². The average Bonchev–Trinajstić information content (AvgIpc) is 4.08. The maximum Gasteiger partial charge on any atom is 0.303 e. The quantitative estimate of drug-likeness (QED) is 0.0941.